The van der Waals surface area contributed by atoms with Crippen molar-refractivity contribution in [3.8, 4) is 0 Å². The Morgan fingerprint density at radius 2 is 2.04 bits per heavy atom. The number of fused-ring (bicyclic) bond motifs is 2. The molecule has 3 aliphatic heterocycles. The van der Waals surface area contributed by atoms with E-state index in [2.05, 4.69) is 5.32 Å². The van der Waals surface area contributed by atoms with Crippen molar-refractivity contribution in [2.24, 2.45) is 0 Å². The summed E-state index contributed by atoms with van der Waals surface area (Å²) in [5.41, 5.74) is 0.743. The Labute approximate surface area is 165 Å². The van der Waals surface area contributed by atoms with Crippen molar-refractivity contribution < 1.29 is 19.1 Å². The predicted octanol–water partition coefficient (Wildman–Crippen LogP) is 1.71. The zero-order valence-electron chi connectivity index (χ0n) is 16.4. The smallest absolute Gasteiger partial charge is 0.256 e. The Bertz CT molecular complexity index is 807. The van der Waals surface area contributed by atoms with Gasteiger partial charge in [0, 0.05) is 19.2 Å². The van der Waals surface area contributed by atoms with Crippen LogP contribution in [0.2, 0.25) is 0 Å². The van der Waals surface area contributed by atoms with Crippen LogP contribution in [0.15, 0.2) is 24.3 Å². The van der Waals surface area contributed by atoms with Gasteiger partial charge in [-0.25, -0.2) is 0 Å². The molecule has 7 nitrogen and oxygen atoms in total. The molecule has 1 aromatic carbocycles. The third kappa shape index (κ3) is 3.51. The topological polar surface area (TPSA) is 79.0 Å². The Hall–Kier alpha value is -2.41. The molecule has 3 heterocycles. The highest BCUT2D eigenvalue weighted by Gasteiger charge is 2.42. The molecule has 0 radical (unpaired) electrons. The highest BCUT2D eigenvalue weighted by atomic mass is 16.5. The average molecular weight is 385 g/mol. The summed E-state index contributed by atoms with van der Waals surface area (Å²) in [4.78, 5) is 42.0. The Balaban J connectivity index is 1.55. The summed E-state index contributed by atoms with van der Waals surface area (Å²) < 4.78 is 5.71. The van der Waals surface area contributed by atoms with Crippen molar-refractivity contribution in [3.63, 3.8) is 0 Å². The number of carbonyl (C=O) groups excluding carboxylic acids is 3. The summed E-state index contributed by atoms with van der Waals surface area (Å²) in [6.45, 7) is 5.14. The molecule has 4 rings (SSSR count). The maximum atomic E-state index is 13.2. The van der Waals surface area contributed by atoms with Crippen LogP contribution in [-0.2, 0) is 14.3 Å². The van der Waals surface area contributed by atoms with Gasteiger partial charge >= 0.3 is 0 Å². The van der Waals surface area contributed by atoms with Crippen LogP contribution in [0.3, 0.4) is 0 Å². The fraction of sp³-hybridized carbons (Fsp3) is 0.571. The van der Waals surface area contributed by atoms with Crippen LogP contribution in [0, 0.1) is 0 Å². The minimum Gasteiger partial charge on any atom is -0.375 e. The van der Waals surface area contributed by atoms with Crippen LogP contribution in [0.5, 0.6) is 0 Å². The lowest BCUT2D eigenvalue weighted by atomic mass is 9.94. The van der Waals surface area contributed by atoms with E-state index in [4.69, 9.17) is 4.74 Å². The van der Waals surface area contributed by atoms with Crippen molar-refractivity contribution in [3.05, 3.63) is 29.8 Å². The van der Waals surface area contributed by atoms with Gasteiger partial charge in [-0.1, -0.05) is 12.1 Å². The molecule has 0 bridgehead atoms. The van der Waals surface area contributed by atoms with Gasteiger partial charge in [0.1, 0.15) is 12.6 Å². The summed E-state index contributed by atoms with van der Waals surface area (Å²) in [5.74, 6) is -0.497. The molecule has 3 aliphatic rings. The average Bonchev–Trinajstić information content (AvgIpc) is 3.11. The van der Waals surface area contributed by atoms with E-state index in [0.717, 1.165) is 19.3 Å². The Morgan fingerprint density at radius 1 is 1.25 bits per heavy atom. The van der Waals surface area contributed by atoms with Crippen LogP contribution in [0.25, 0.3) is 0 Å². The SMILES string of the molecule is CC1(C)C[C@@H](NC(=O)CN2C(=O)[C@@H]3CCCN3C(=O)c3ccccc32)CCO1. The molecule has 1 aromatic rings. The quantitative estimate of drug-likeness (QED) is 0.859. The van der Waals surface area contributed by atoms with Crippen LogP contribution in [0.1, 0.15) is 49.9 Å². The fourth-order valence-electron chi connectivity index (χ4n) is 4.54. The van der Waals surface area contributed by atoms with Crippen LogP contribution < -0.4 is 10.2 Å². The molecule has 150 valence electrons. The predicted molar refractivity (Wildman–Crippen MR) is 104 cm³/mol. The highest BCUT2D eigenvalue weighted by molar-refractivity contribution is 6.12. The van der Waals surface area contributed by atoms with Gasteiger partial charge in [0.05, 0.1) is 16.9 Å². The second-order valence-corrected chi connectivity index (χ2v) is 8.46. The zero-order chi connectivity index (χ0) is 19.9. The zero-order valence-corrected chi connectivity index (χ0v) is 16.4. The monoisotopic (exact) mass is 385 g/mol. The number of nitrogens with zero attached hydrogens (tertiary/aromatic N) is 2. The molecule has 0 saturated carbocycles. The van der Waals surface area contributed by atoms with E-state index in [0.29, 0.717) is 30.8 Å². The number of benzene rings is 1. The standard InChI is InChI=1S/C21H27N3O4/c1-21(2)12-14(9-11-28-21)22-18(25)13-24-16-7-4-3-6-15(16)19(26)23-10-5-8-17(23)20(24)27/h3-4,6-7,14,17H,5,8-13H2,1-2H3,(H,22,25)/t14-,17-/m0/s1. The molecule has 1 N–H and O–H groups in total. The normalized spacial score (nSPS) is 26.5. The second-order valence-electron chi connectivity index (χ2n) is 8.46. The Morgan fingerprint density at radius 3 is 2.82 bits per heavy atom. The van der Waals surface area contributed by atoms with Gasteiger partial charge < -0.3 is 19.9 Å². The van der Waals surface area contributed by atoms with Gasteiger partial charge in [-0.15, -0.1) is 0 Å². The number of para-hydroxylation sites is 1. The molecule has 0 aliphatic carbocycles. The molecule has 0 unspecified atom stereocenters. The number of hydrogen-bond acceptors (Lipinski definition) is 4. The van der Waals surface area contributed by atoms with Crippen molar-refractivity contribution in [1.29, 1.82) is 0 Å². The van der Waals surface area contributed by atoms with E-state index < -0.39 is 6.04 Å². The minimum atomic E-state index is -0.477. The molecule has 2 saturated heterocycles. The lowest BCUT2D eigenvalue weighted by Crippen LogP contribution is -2.51. The highest BCUT2D eigenvalue weighted by Crippen LogP contribution is 2.32. The summed E-state index contributed by atoms with van der Waals surface area (Å²) in [5, 5.41) is 3.05. The van der Waals surface area contributed by atoms with E-state index >= 15 is 0 Å². The van der Waals surface area contributed by atoms with E-state index in [1.54, 1.807) is 29.2 Å². The lowest BCUT2D eigenvalue weighted by molar-refractivity contribution is -0.127. The molecule has 3 amide bonds. The van der Waals surface area contributed by atoms with E-state index in [9.17, 15) is 14.4 Å². The van der Waals surface area contributed by atoms with E-state index in [1.165, 1.54) is 4.90 Å². The number of amides is 3. The molecule has 28 heavy (non-hydrogen) atoms. The minimum absolute atomic E-state index is 0.0261. The van der Waals surface area contributed by atoms with Gasteiger partial charge in [-0.2, -0.15) is 0 Å². The third-order valence-electron chi connectivity index (χ3n) is 5.85. The van der Waals surface area contributed by atoms with Crippen molar-refractivity contribution in [2.45, 2.75) is 57.2 Å². The summed E-state index contributed by atoms with van der Waals surface area (Å²) in [6, 6.07) is 6.62. The summed E-state index contributed by atoms with van der Waals surface area (Å²) in [6.07, 6.45) is 2.94. The number of carbonyl (C=O) groups is 3. The molecule has 2 atom stereocenters. The first kappa shape index (κ1) is 18.9. The Kier molecular flexibility index (Phi) is 4.87. The lowest BCUT2D eigenvalue weighted by Gasteiger charge is -2.36. The maximum absolute atomic E-state index is 13.2. The second kappa shape index (κ2) is 7.20. The number of hydrogen-bond donors (Lipinski definition) is 1. The number of anilines is 1. The first-order chi connectivity index (χ1) is 13.4. The fourth-order valence-corrected chi connectivity index (χ4v) is 4.54. The van der Waals surface area contributed by atoms with E-state index in [-0.39, 0.29) is 35.9 Å². The molecule has 2 fully saturated rings. The van der Waals surface area contributed by atoms with Gasteiger partial charge in [-0.3, -0.25) is 14.4 Å². The number of rotatable bonds is 3. The van der Waals surface area contributed by atoms with Gasteiger partial charge in [0.15, 0.2) is 0 Å². The van der Waals surface area contributed by atoms with Gasteiger partial charge in [0.2, 0.25) is 11.8 Å². The molecular formula is C21H27N3O4. The van der Waals surface area contributed by atoms with Crippen molar-refractivity contribution >= 4 is 23.4 Å². The van der Waals surface area contributed by atoms with Crippen LogP contribution in [-0.4, -0.2) is 60.0 Å². The number of ether oxygens (including phenoxy) is 1. The molecule has 0 spiro atoms. The van der Waals surface area contributed by atoms with Gasteiger partial charge in [0.25, 0.3) is 5.91 Å². The van der Waals surface area contributed by atoms with Crippen molar-refractivity contribution in [2.75, 3.05) is 24.6 Å². The summed E-state index contributed by atoms with van der Waals surface area (Å²) in [7, 11) is 0. The largest absolute Gasteiger partial charge is 0.375 e. The van der Waals surface area contributed by atoms with Crippen molar-refractivity contribution in [1.82, 2.24) is 10.2 Å². The first-order valence-electron chi connectivity index (χ1n) is 10.0. The molecule has 7 heteroatoms. The molecular weight excluding hydrogens is 358 g/mol. The van der Waals surface area contributed by atoms with E-state index in [1.807, 2.05) is 13.8 Å². The van der Waals surface area contributed by atoms with Crippen LogP contribution in [0.4, 0.5) is 5.69 Å². The maximum Gasteiger partial charge on any atom is 0.256 e. The van der Waals surface area contributed by atoms with Crippen LogP contribution >= 0.6 is 0 Å². The summed E-state index contributed by atoms with van der Waals surface area (Å²) >= 11 is 0. The molecule has 0 aromatic heterocycles. The third-order valence-corrected chi connectivity index (χ3v) is 5.85. The van der Waals surface area contributed by atoms with Gasteiger partial charge in [-0.05, 0) is 51.7 Å². The first-order valence-corrected chi connectivity index (χ1v) is 10.0. The number of nitrogens with one attached hydrogen (secondary N) is 1.